The molecule has 1 aromatic rings. The van der Waals surface area contributed by atoms with E-state index < -0.39 is 0 Å². The Morgan fingerprint density at radius 2 is 2.18 bits per heavy atom. The normalized spacial score (nSPS) is 10.8. The van der Waals surface area contributed by atoms with Crippen LogP contribution in [0.5, 0.6) is 0 Å². The zero-order chi connectivity index (χ0) is 12.7. The lowest BCUT2D eigenvalue weighted by Crippen LogP contribution is -2.03. The van der Waals surface area contributed by atoms with Crippen LogP contribution in [0.2, 0.25) is 10.0 Å². The highest BCUT2D eigenvalue weighted by molar-refractivity contribution is 7.98. The van der Waals surface area contributed by atoms with Gasteiger partial charge in [0.15, 0.2) is 0 Å². The van der Waals surface area contributed by atoms with Crippen molar-refractivity contribution in [3.63, 3.8) is 0 Å². The lowest BCUT2D eigenvalue weighted by Gasteiger charge is -2.00. The highest BCUT2D eigenvalue weighted by Gasteiger charge is 1.99. The molecule has 0 heterocycles. The Morgan fingerprint density at radius 1 is 1.41 bits per heavy atom. The summed E-state index contributed by atoms with van der Waals surface area (Å²) in [6.07, 6.45) is 4.98. The van der Waals surface area contributed by atoms with Gasteiger partial charge in [0.25, 0.3) is 0 Å². The second kappa shape index (κ2) is 7.64. The lowest BCUT2D eigenvalue weighted by atomic mass is 10.2. The Morgan fingerprint density at radius 3 is 2.82 bits per heavy atom. The standard InChI is InChI=1S/C12H12Cl2O2S/c1-17-7-6-16-12(15)5-3-9-2-4-10(13)11(14)8-9/h2-5,8H,6-7H2,1H3/b5-3+. The van der Waals surface area contributed by atoms with E-state index in [2.05, 4.69) is 0 Å². The van der Waals surface area contributed by atoms with Crippen molar-refractivity contribution in [2.75, 3.05) is 18.6 Å². The quantitative estimate of drug-likeness (QED) is 0.467. The van der Waals surface area contributed by atoms with Gasteiger partial charge < -0.3 is 4.74 Å². The van der Waals surface area contributed by atoms with Gasteiger partial charge in [-0.15, -0.1) is 0 Å². The van der Waals surface area contributed by atoms with Crippen LogP contribution in [-0.4, -0.2) is 24.6 Å². The van der Waals surface area contributed by atoms with Crippen molar-refractivity contribution in [3.05, 3.63) is 39.9 Å². The summed E-state index contributed by atoms with van der Waals surface area (Å²) in [6, 6.07) is 5.15. The minimum atomic E-state index is -0.356. The molecule has 0 aliphatic rings. The van der Waals surface area contributed by atoms with Crippen molar-refractivity contribution in [2.45, 2.75) is 0 Å². The van der Waals surface area contributed by atoms with Crippen LogP contribution >= 0.6 is 35.0 Å². The number of thioether (sulfide) groups is 1. The fourth-order valence-electron chi connectivity index (χ4n) is 1.05. The van der Waals surface area contributed by atoms with E-state index in [4.69, 9.17) is 27.9 Å². The summed E-state index contributed by atoms with van der Waals surface area (Å²) < 4.78 is 4.95. The molecule has 0 amide bonds. The largest absolute Gasteiger partial charge is 0.462 e. The third-order valence-corrected chi connectivity index (χ3v) is 3.20. The molecule has 0 aromatic heterocycles. The molecule has 0 atom stereocenters. The van der Waals surface area contributed by atoms with Crippen LogP contribution in [0.25, 0.3) is 6.08 Å². The van der Waals surface area contributed by atoms with Crippen molar-refractivity contribution in [3.8, 4) is 0 Å². The molecule has 0 fully saturated rings. The molecule has 0 spiro atoms. The molecule has 1 aromatic carbocycles. The van der Waals surface area contributed by atoms with E-state index in [0.29, 0.717) is 16.7 Å². The third kappa shape index (κ3) is 5.48. The summed E-state index contributed by atoms with van der Waals surface area (Å²) >= 11 is 13.3. The Bertz CT molecular complexity index is 419. The number of hydrogen-bond donors (Lipinski definition) is 0. The molecular formula is C12H12Cl2O2S. The van der Waals surface area contributed by atoms with Crippen molar-refractivity contribution >= 4 is 47.0 Å². The van der Waals surface area contributed by atoms with Crippen LogP contribution < -0.4 is 0 Å². The fraction of sp³-hybridized carbons (Fsp3) is 0.250. The minimum absolute atomic E-state index is 0.356. The van der Waals surface area contributed by atoms with E-state index in [1.54, 1.807) is 36.0 Å². The van der Waals surface area contributed by atoms with Gasteiger partial charge in [0.05, 0.1) is 10.0 Å². The van der Waals surface area contributed by atoms with Crippen LogP contribution in [0, 0.1) is 0 Å². The van der Waals surface area contributed by atoms with Gasteiger partial charge in [0.2, 0.25) is 0 Å². The molecule has 0 aliphatic carbocycles. The highest BCUT2D eigenvalue weighted by atomic mass is 35.5. The molecule has 0 saturated heterocycles. The predicted molar refractivity (Wildman–Crippen MR) is 74.8 cm³/mol. The van der Waals surface area contributed by atoms with Crippen molar-refractivity contribution in [2.24, 2.45) is 0 Å². The number of esters is 1. The first-order valence-corrected chi connectivity index (χ1v) is 7.07. The van der Waals surface area contributed by atoms with Gasteiger partial charge in [0, 0.05) is 11.8 Å². The zero-order valence-electron chi connectivity index (χ0n) is 9.28. The maximum Gasteiger partial charge on any atom is 0.330 e. The van der Waals surface area contributed by atoms with Gasteiger partial charge in [-0.25, -0.2) is 4.79 Å². The van der Waals surface area contributed by atoms with Crippen molar-refractivity contribution in [1.82, 2.24) is 0 Å². The Labute approximate surface area is 115 Å². The molecule has 5 heteroatoms. The van der Waals surface area contributed by atoms with Gasteiger partial charge >= 0.3 is 5.97 Å². The highest BCUT2D eigenvalue weighted by Crippen LogP contribution is 2.23. The van der Waals surface area contributed by atoms with Gasteiger partial charge in [-0.3, -0.25) is 0 Å². The van der Waals surface area contributed by atoms with E-state index >= 15 is 0 Å². The first kappa shape index (κ1) is 14.4. The molecule has 17 heavy (non-hydrogen) atoms. The average molecular weight is 291 g/mol. The molecule has 0 bridgehead atoms. The van der Waals surface area contributed by atoms with Crippen LogP contribution in [0.1, 0.15) is 5.56 Å². The van der Waals surface area contributed by atoms with E-state index in [1.165, 1.54) is 6.08 Å². The first-order valence-electron chi connectivity index (χ1n) is 4.92. The molecule has 0 saturated carbocycles. The second-order valence-corrected chi connectivity index (χ2v) is 4.97. The number of ether oxygens (including phenoxy) is 1. The molecule has 2 nitrogen and oxygen atoms in total. The zero-order valence-corrected chi connectivity index (χ0v) is 11.6. The third-order valence-electron chi connectivity index (χ3n) is 1.89. The number of carbonyl (C=O) groups excluding carboxylic acids is 1. The Kier molecular flexibility index (Phi) is 6.48. The van der Waals surface area contributed by atoms with E-state index in [-0.39, 0.29) is 5.97 Å². The summed E-state index contributed by atoms with van der Waals surface area (Å²) in [6.45, 7) is 0.422. The number of carbonyl (C=O) groups is 1. The van der Waals surface area contributed by atoms with E-state index in [1.807, 2.05) is 6.26 Å². The summed E-state index contributed by atoms with van der Waals surface area (Å²) in [5, 5.41) is 0.955. The average Bonchev–Trinajstić information content (AvgIpc) is 2.31. The van der Waals surface area contributed by atoms with E-state index in [0.717, 1.165) is 11.3 Å². The second-order valence-electron chi connectivity index (χ2n) is 3.17. The summed E-state index contributed by atoms with van der Waals surface area (Å²) in [7, 11) is 0. The minimum Gasteiger partial charge on any atom is -0.462 e. The number of rotatable bonds is 5. The van der Waals surface area contributed by atoms with Crippen LogP contribution in [-0.2, 0) is 9.53 Å². The first-order chi connectivity index (χ1) is 8.13. The van der Waals surface area contributed by atoms with Crippen LogP contribution in [0.15, 0.2) is 24.3 Å². The van der Waals surface area contributed by atoms with Gasteiger partial charge in [0.1, 0.15) is 6.61 Å². The molecule has 92 valence electrons. The predicted octanol–water partition coefficient (Wildman–Crippen LogP) is 3.91. The summed E-state index contributed by atoms with van der Waals surface area (Å²) in [5.41, 5.74) is 0.807. The van der Waals surface area contributed by atoms with Crippen LogP contribution in [0.3, 0.4) is 0 Å². The molecular weight excluding hydrogens is 279 g/mol. The molecule has 0 unspecified atom stereocenters. The maximum atomic E-state index is 11.3. The Balaban J connectivity index is 2.52. The van der Waals surface area contributed by atoms with Crippen molar-refractivity contribution < 1.29 is 9.53 Å². The number of hydrogen-bond acceptors (Lipinski definition) is 3. The number of benzene rings is 1. The number of halogens is 2. The molecule has 1 rings (SSSR count). The van der Waals surface area contributed by atoms with E-state index in [9.17, 15) is 4.79 Å². The molecule has 0 radical (unpaired) electrons. The monoisotopic (exact) mass is 290 g/mol. The molecule has 0 N–H and O–H groups in total. The SMILES string of the molecule is CSCCOC(=O)/C=C/c1ccc(Cl)c(Cl)c1. The lowest BCUT2D eigenvalue weighted by molar-refractivity contribution is -0.137. The topological polar surface area (TPSA) is 26.3 Å². The van der Waals surface area contributed by atoms with Gasteiger partial charge in [-0.1, -0.05) is 29.3 Å². The van der Waals surface area contributed by atoms with Gasteiger partial charge in [-0.05, 0) is 30.0 Å². The Hall–Kier alpha value is -0.640. The van der Waals surface area contributed by atoms with Crippen LogP contribution in [0.4, 0.5) is 0 Å². The summed E-state index contributed by atoms with van der Waals surface area (Å²) in [4.78, 5) is 11.3. The van der Waals surface area contributed by atoms with Gasteiger partial charge in [-0.2, -0.15) is 11.8 Å². The smallest absolute Gasteiger partial charge is 0.330 e. The van der Waals surface area contributed by atoms with Crippen molar-refractivity contribution in [1.29, 1.82) is 0 Å². The molecule has 0 aliphatic heterocycles. The maximum absolute atomic E-state index is 11.3. The summed E-state index contributed by atoms with van der Waals surface area (Å²) in [5.74, 6) is 0.442. The fourth-order valence-corrected chi connectivity index (χ4v) is 1.61.